The second-order valence-electron chi connectivity index (χ2n) is 3.92. The molecule has 0 aliphatic carbocycles. The quantitative estimate of drug-likeness (QED) is 0.841. The summed E-state index contributed by atoms with van der Waals surface area (Å²) in [6.45, 7) is 2.41. The van der Waals surface area contributed by atoms with Gasteiger partial charge in [0.1, 0.15) is 6.61 Å². The Morgan fingerprint density at radius 1 is 1.44 bits per heavy atom. The Balaban J connectivity index is 2.19. The van der Waals surface area contributed by atoms with Crippen LogP contribution >= 0.6 is 11.6 Å². The monoisotopic (exact) mass is 260 g/mol. The average molecular weight is 261 g/mol. The van der Waals surface area contributed by atoms with Crippen LogP contribution in [0, 0.1) is 18.8 Å². The zero-order valence-electron chi connectivity index (χ0n) is 10.0. The van der Waals surface area contributed by atoms with Gasteiger partial charge in [-0.05, 0) is 24.6 Å². The number of hydrogen-bond acceptors (Lipinski definition) is 2. The van der Waals surface area contributed by atoms with Crippen LogP contribution < -0.4 is 0 Å². The van der Waals surface area contributed by atoms with Gasteiger partial charge in [-0.3, -0.25) is 4.68 Å². The molecule has 1 heterocycles. The zero-order valence-corrected chi connectivity index (χ0v) is 10.8. The molecule has 0 amide bonds. The van der Waals surface area contributed by atoms with Gasteiger partial charge in [0.05, 0.1) is 17.3 Å². The van der Waals surface area contributed by atoms with Crippen LogP contribution in [-0.4, -0.2) is 21.5 Å². The first-order chi connectivity index (χ1) is 8.69. The lowest BCUT2D eigenvalue weighted by atomic mass is 10.1. The fourth-order valence-corrected chi connectivity index (χ4v) is 1.80. The first-order valence-electron chi connectivity index (χ1n) is 5.57. The first-order valence-corrected chi connectivity index (χ1v) is 5.95. The van der Waals surface area contributed by atoms with Crippen LogP contribution in [0.5, 0.6) is 0 Å². The summed E-state index contributed by atoms with van der Waals surface area (Å²) < 4.78 is 1.80. The molecule has 4 heteroatoms. The van der Waals surface area contributed by atoms with Crippen molar-refractivity contribution in [2.75, 3.05) is 6.61 Å². The van der Waals surface area contributed by atoms with E-state index >= 15 is 0 Å². The molecule has 0 fully saturated rings. The topological polar surface area (TPSA) is 38.0 Å². The summed E-state index contributed by atoms with van der Waals surface area (Å²) in [6.07, 6.45) is 1.81. The van der Waals surface area contributed by atoms with Crippen LogP contribution in [0.4, 0.5) is 0 Å². The Labute approximate surface area is 111 Å². The highest BCUT2D eigenvalue weighted by Crippen LogP contribution is 2.13. The van der Waals surface area contributed by atoms with E-state index in [0.29, 0.717) is 11.6 Å². The highest BCUT2D eigenvalue weighted by Gasteiger charge is 2.02. The predicted octanol–water partition coefficient (Wildman–Crippen LogP) is 2.24. The predicted molar refractivity (Wildman–Crippen MR) is 71.5 cm³/mol. The molecule has 2 rings (SSSR count). The van der Waals surface area contributed by atoms with Gasteiger partial charge in [-0.15, -0.1) is 0 Å². The van der Waals surface area contributed by atoms with Crippen molar-refractivity contribution in [3.63, 3.8) is 0 Å². The second-order valence-corrected chi connectivity index (χ2v) is 4.33. The SMILES string of the molecule is Cc1nn(Cc2cccc(C#CCO)c2)cc1Cl. The van der Waals surface area contributed by atoms with Crippen molar-refractivity contribution in [1.82, 2.24) is 9.78 Å². The van der Waals surface area contributed by atoms with Gasteiger partial charge < -0.3 is 5.11 Å². The maximum atomic E-state index is 8.66. The Bertz CT molecular complexity index is 588. The van der Waals surface area contributed by atoms with Crippen LogP contribution in [0.3, 0.4) is 0 Å². The summed E-state index contributed by atoms with van der Waals surface area (Å²) in [6, 6.07) is 7.84. The number of rotatable bonds is 2. The molecule has 2 aromatic rings. The minimum atomic E-state index is -0.127. The second kappa shape index (κ2) is 5.72. The Hall–Kier alpha value is -1.76. The van der Waals surface area contributed by atoms with E-state index in [0.717, 1.165) is 16.8 Å². The lowest BCUT2D eigenvalue weighted by Crippen LogP contribution is -2.00. The van der Waals surface area contributed by atoms with Crippen LogP contribution in [-0.2, 0) is 6.54 Å². The van der Waals surface area contributed by atoms with E-state index in [4.69, 9.17) is 16.7 Å². The van der Waals surface area contributed by atoms with Gasteiger partial charge in [-0.2, -0.15) is 5.10 Å². The molecule has 0 radical (unpaired) electrons. The molecular formula is C14H13ClN2O. The van der Waals surface area contributed by atoms with Crippen molar-refractivity contribution in [3.8, 4) is 11.8 Å². The number of aliphatic hydroxyl groups excluding tert-OH is 1. The number of aryl methyl sites for hydroxylation is 1. The number of benzene rings is 1. The molecular weight excluding hydrogens is 248 g/mol. The molecule has 0 atom stereocenters. The summed E-state index contributed by atoms with van der Waals surface area (Å²) in [4.78, 5) is 0. The molecule has 0 bridgehead atoms. The summed E-state index contributed by atoms with van der Waals surface area (Å²) in [5, 5.41) is 13.6. The van der Waals surface area contributed by atoms with Crippen LogP contribution in [0.1, 0.15) is 16.8 Å². The van der Waals surface area contributed by atoms with E-state index in [1.807, 2.05) is 37.4 Å². The van der Waals surface area contributed by atoms with Gasteiger partial charge in [-0.1, -0.05) is 35.6 Å². The fourth-order valence-electron chi connectivity index (χ4n) is 1.65. The van der Waals surface area contributed by atoms with Crippen molar-refractivity contribution in [3.05, 3.63) is 52.3 Å². The average Bonchev–Trinajstić information content (AvgIpc) is 2.66. The normalized spacial score (nSPS) is 9.94. The number of aliphatic hydroxyl groups is 1. The van der Waals surface area contributed by atoms with Crippen LogP contribution in [0.25, 0.3) is 0 Å². The largest absolute Gasteiger partial charge is 0.384 e. The molecule has 18 heavy (non-hydrogen) atoms. The van der Waals surface area contributed by atoms with Crippen molar-refractivity contribution >= 4 is 11.6 Å². The Morgan fingerprint density at radius 2 is 2.28 bits per heavy atom. The van der Waals surface area contributed by atoms with Crippen molar-refractivity contribution in [1.29, 1.82) is 0 Å². The van der Waals surface area contributed by atoms with Crippen molar-refractivity contribution in [2.45, 2.75) is 13.5 Å². The molecule has 92 valence electrons. The highest BCUT2D eigenvalue weighted by atomic mass is 35.5. The Kier molecular flexibility index (Phi) is 4.03. The van der Waals surface area contributed by atoms with Crippen LogP contribution in [0.15, 0.2) is 30.5 Å². The number of nitrogens with zero attached hydrogens (tertiary/aromatic N) is 2. The maximum absolute atomic E-state index is 8.66. The van der Waals surface area contributed by atoms with E-state index in [1.54, 1.807) is 4.68 Å². The molecule has 0 saturated carbocycles. The van der Waals surface area contributed by atoms with E-state index in [2.05, 4.69) is 16.9 Å². The standard InChI is InChI=1S/C14H13ClN2O/c1-11-14(15)10-17(16-11)9-13-5-2-4-12(8-13)6-3-7-18/h2,4-5,8,10,18H,7,9H2,1H3. The molecule has 0 saturated heterocycles. The summed E-state index contributed by atoms with van der Waals surface area (Å²) in [5.41, 5.74) is 2.81. The third-order valence-electron chi connectivity index (χ3n) is 2.47. The molecule has 0 aliphatic rings. The highest BCUT2D eigenvalue weighted by molar-refractivity contribution is 6.31. The van der Waals surface area contributed by atoms with Crippen molar-refractivity contribution < 1.29 is 5.11 Å². The first kappa shape index (κ1) is 12.7. The van der Waals surface area contributed by atoms with Gasteiger partial charge in [0.2, 0.25) is 0 Å². The third kappa shape index (κ3) is 3.13. The number of hydrogen-bond donors (Lipinski definition) is 1. The number of halogens is 1. The summed E-state index contributed by atoms with van der Waals surface area (Å²) >= 11 is 5.96. The molecule has 1 aromatic heterocycles. The van der Waals surface area contributed by atoms with Gasteiger partial charge in [0.15, 0.2) is 0 Å². The number of aromatic nitrogens is 2. The molecule has 0 aliphatic heterocycles. The summed E-state index contributed by atoms with van der Waals surface area (Å²) in [5.74, 6) is 5.51. The molecule has 1 aromatic carbocycles. The third-order valence-corrected chi connectivity index (χ3v) is 2.84. The van der Waals surface area contributed by atoms with Gasteiger partial charge in [0.25, 0.3) is 0 Å². The smallest absolute Gasteiger partial charge is 0.104 e. The van der Waals surface area contributed by atoms with E-state index in [9.17, 15) is 0 Å². The molecule has 0 unspecified atom stereocenters. The van der Waals surface area contributed by atoms with E-state index < -0.39 is 0 Å². The van der Waals surface area contributed by atoms with E-state index in [-0.39, 0.29) is 6.61 Å². The van der Waals surface area contributed by atoms with Crippen LogP contribution in [0.2, 0.25) is 5.02 Å². The molecule has 0 spiro atoms. The van der Waals surface area contributed by atoms with Gasteiger partial charge in [-0.25, -0.2) is 0 Å². The fraction of sp³-hybridized carbons (Fsp3) is 0.214. The lowest BCUT2D eigenvalue weighted by molar-refractivity contribution is 0.350. The van der Waals surface area contributed by atoms with E-state index in [1.165, 1.54) is 0 Å². The van der Waals surface area contributed by atoms with Gasteiger partial charge in [0, 0.05) is 11.8 Å². The molecule has 3 nitrogen and oxygen atoms in total. The minimum Gasteiger partial charge on any atom is -0.384 e. The van der Waals surface area contributed by atoms with Gasteiger partial charge >= 0.3 is 0 Å². The Morgan fingerprint density at radius 3 is 2.94 bits per heavy atom. The van der Waals surface area contributed by atoms with Crippen molar-refractivity contribution in [2.24, 2.45) is 0 Å². The molecule has 1 N–H and O–H groups in total. The minimum absolute atomic E-state index is 0.127. The zero-order chi connectivity index (χ0) is 13.0. The lowest BCUT2D eigenvalue weighted by Gasteiger charge is -2.02. The maximum Gasteiger partial charge on any atom is 0.104 e. The summed E-state index contributed by atoms with van der Waals surface area (Å²) in [7, 11) is 0.